The summed E-state index contributed by atoms with van der Waals surface area (Å²) >= 11 is 0. The Hall–Kier alpha value is -3.35. The van der Waals surface area contributed by atoms with Gasteiger partial charge in [0.1, 0.15) is 17.7 Å². The summed E-state index contributed by atoms with van der Waals surface area (Å²) in [7, 11) is 1.19. The minimum Gasteiger partial charge on any atom is -0.467 e. The number of amides is 1. The summed E-state index contributed by atoms with van der Waals surface area (Å²) in [6, 6.07) is 12.5. The highest BCUT2D eigenvalue weighted by molar-refractivity contribution is 5.96. The first-order valence-corrected chi connectivity index (χ1v) is 8.16. The first kappa shape index (κ1) is 18.4. The number of carbonyl (C=O) groups excluding carboxylic acids is 2. The molecule has 1 aromatic heterocycles. The Labute approximate surface area is 154 Å². The molecule has 0 aliphatic carbocycles. The molecule has 0 aliphatic heterocycles. The molecule has 7 heteroatoms. The molecular formula is C20H16F2N2O3. The lowest BCUT2D eigenvalue weighted by atomic mass is 10.1. The quantitative estimate of drug-likeness (QED) is 0.701. The number of nitrogens with one attached hydrogen (secondary N) is 1. The standard InChI is InChI=1S/C20H16F2N2O3/c1-27-20(26)18(24-19(25)13-8-14(21)10-15(22)9-13)11-16-7-6-12-4-2-3-5-17(12)23-16/h2-10,18H,11H2,1H3,(H,24,25)/t18-/m1/s1. The van der Waals surface area contributed by atoms with E-state index in [1.54, 1.807) is 6.07 Å². The predicted molar refractivity (Wildman–Crippen MR) is 95.1 cm³/mol. The molecular weight excluding hydrogens is 354 g/mol. The number of hydrogen-bond donors (Lipinski definition) is 1. The summed E-state index contributed by atoms with van der Waals surface area (Å²) in [6.45, 7) is 0. The number of benzene rings is 2. The molecule has 1 N–H and O–H groups in total. The number of aromatic nitrogens is 1. The lowest BCUT2D eigenvalue weighted by molar-refractivity contribution is -0.142. The van der Waals surface area contributed by atoms with E-state index < -0.39 is 29.6 Å². The highest BCUT2D eigenvalue weighted by Crippen LogP contribution is 2.14. The van der Waals surface area contributed by atoms with E-state index in [0.717, 1.165) is 23.0 Å². The lowest BCUT2D eigenvalue weighted by Crippen LogP contribution is -2.43. The van der Waals surface area contributed by atoms with E-state index in [1.165, 1.54) is 7.11 Å². The van der Waals surface area contributed by atoms with Gasteiger partial charge in [0.25, 0.3) is 5.91 Å². The Morgan fingerprint density at radius 2 is 1.78 bits per heavy atom. The Balaban J connectivity index is 1.82. The number of methoxy groups -OCH3 is 1. The zero-order valence-electron chi connectivity index (χ0n) is 14.4. The van der Waals surface area contributed by atoms with Crippen molar-refractivity contribution >= 4 is 22.8 Å². The molecule has 0 unspecified atom stereocenters. The molecule has 5 nitrogen and oxygen atoms in total. The summed E-state index contributed by atoms with van der Waals surface area (Å²) in [5.74, 6) is -3.24. The first-order chi connectivity index (χ1) is 13.0. The third-order valence-corrected chi connectivity index (χ3v) is 3.99. The maximum Gasteiger partial charge on any atom is 0.328 e. The zero-order valence-corrected chi connectivity index (χ0v) is 14.4. The molecule has 0 bridgehead atoms. The van der Waals surface area contributed by atoms with Crippen LogP contribution in [0.3, 0.4) is 0 Å². The van der Waals surface area contributed by atoms with Crippen LogP contribution in [0.1, 0.15) is 16.1 Å². The predicted octanol–water partition coefficient (Wildman–Crippen LogP) is 3.03. The van der Waals surface area contributed by atoms with Gasteiger partial charge in [-0.05, 0) is 24.3 Å². The number of fused-ring (bicyclic) bond motifs is 1. The summed E-state index contributed by atoms with van der Waals surface area (Å²) in [5, 5.41) is 3.39. The molecule has 1 heterocycles. The fourth-order valence-corrected chi connectivity index (χ4v) is 2.69. The van der Waals surface area contributed by atoms with Crippen LogP contribution in [0.15, 0.2) is 54.6 Å². The monoisotopic (exact) mass is 370 g/mol. The first-order valence-electron chi connectivity index (χ1n) is 8.16. The minimum absolute atomic E-state index is 0.0705. The van der Waals surface area contributed by atoms with Crippen molar-refractivity contribution in [3.8, 4) is 0 Å². The van der Waals surface area contributed by atoms with Crippen molar-refractivity contribution < 1.29 is 23.1 Å². The summed E-state index contributed by atoms with van der Waals surface area (Å²) < 4.78 is 31.4. The number of carbonyl (C=O) groups is 2. The Kier molecular flexibility index (Phi) is 5.40. The summed E-state index contributed by atoms with van der Waals surface area (Å²) in [5.41, 5.74) is 1.08. The van der Waals surface area contributed by atoms with Gasteiger partial charge in [0.15, 0.2) is 0 Å². The van der Waals surface area contributed by atoms with E-state index in [4.69, 9.17) is 4.74 Å². The van der Waals surface area contributed by atoms with Gasteiger partial charge in [-0.25, -0.2) is 13.6 Å². The van der Waals surface area contributed by atoms with Crippen LogP contribution in [0.2, 0.25) is 0 Å². The molecule has 0 spiro atoms. The molecule has 1 amide bonds. The average molecular weight is 370 g/mol. The van der Waals surface area contributed by atoms with Gasteiger partial charge in [0.2, 0.25) is 0 Å². The third kappa shape index (κ3) is 4.44. The van der Waals surface area contributed by atoms with Crippen LogP contribution in [0.5, 0.6) is 0 Å². The van der Waals surface area contributed by atoms with Crippen LogP contribution in [-0.4, -0.2) is 30.0 Å². The van der Waals surface area contributed by atoms with Gasteiger partial charge in [-0.15, -0.1) is 0 Å². The zero-order chi connectivity index (χ0) is 19.4. The second kappa shape index (κ2) is 7.90. The fourth-order valence-electron chi connectivity index (χ4n) is 2.69. The van der Waals surface area contributed by atoms with E-state index in [0.29, 0.717) is 11.8 Å². The average Bonchev–Trinajstić information content (AvgIpc) is 2.66. The van der Waals surface area contributed by atoms with E-state index in [-0.39, 0.29) is 12.0 Å². The van der Waals surface area contributed by atoms with E-state index in [1.807, 2.05) is 30.3 Å². The number of para-hydroxylation sites is 1. The molecule has 3 aromatic rings. The third-order valence-electron chi connectivity index (χ3n) is 3.99. The highest BCUT2D eigenvalue weighted by atomic mass is 19.1. The Morgan fingerprint density at radius 3 is 2.48 bits per heavy atom. The smallest absolute Gasteiger partial charge is 0.328 e. The van der Waals surface area contributed by atoms with Crippen molar-refractivity contribution in [3.63, 3.8) is 0 Å². The molecule has 0 saturated heterocycles. The molecule has 27 heavy (non-hydrogen) atoms. The van der Waals surface area contributed by atoms with Crippen molar-refractivity contribution in [2.24, 2.45) is 0 Å². The molecule has 3 rings (SSSR count). The molecule has 0 aliphatic rings. The van der Waals surface area contributed by atoms with Gasteiger partial charge in [0, 0.05) is 29.1 Å². The van der Waals surface area contributed by atoms with Crippen LogP contribution in [-0.2, 0) is 16.0 Å². The van der Waals surface area contributed by atoms with E-state index >= 15 is 0 Å². The minimum atomic E-state index is -1.05. The summed E-state index contributed by atoms with van der Waals surface area (Å²) in [6.07, 6.45) is 0.0705. The van der Waals surface area contributed by atoms with Crippen LogP contribution in [0, 0.1) is 11.6 Å². The van der Waals surface area contributed by atoms with Crippen molar-refractivity contribution in [1.29, 1.82) is 0 Å². The van der Waals surface area contributed by atoms with Crippen LogP contribution in [0.25, 0.3) is 10.9 Å². The number of rotatable bonds is 5. The summed E-state index contributed by atoms with van der Waals surface area (Å²) in [4.78, 5) is 28.8. The normalized spacial score (nSPS) is 11.8. The van der Waals surface area contributed by atoms with Gasteiger partial charge >= 0.3 is 5.97 Å². The van der Waals surface area contributed by atoms with Crippen molar-refractivity contribution in [1.82, 2.24) is 10.3 Å². The van der Waals surface area contributed by atoms with Crippen molar-refractivity contribution in [2.75, 3.05) is 7.11 Å². The van der Waals surface area contributed by atoms with Gasteiger partial charge in [-0.1, -0.05) is 24.3 Å². The number of hydrogen-bond acceptors (Lipinski definition) is 4. The second-order valence-electron chi connectivity index (χ2n) is 5.91. The van der Waals surface area contributed by atoms with Gasteiger partial charge in [-0.3, -0.25) is 9.78 Å². The molecule has 0 saturated carbocycles. The maximum absolute atomic E-state index is 13.3. The molecule has 0 radical (unpaired) electrons. The second-order valence-corrected chi connectivity index (χ2v) is 5.91. The number of ether oxygens (including phenoxy) is 1. The lowest BCUT2D eigenvalue weighted by Gasteiger charge is -2.16. The fraction of sp³-hybridized carbons (Fsp3) is 0.150. The Bertz CT molecular complexity index is 987. The topological polar surface area (TPSA) is 68.3 Å². The van der Waals surface area contributed by atoms with Gasteiger partial charge < -0.3 is 10.1 Å². The van der Waals surface area contributed by atoms with Crippen molar-refractivity contribution in [2.45, 2.75) is 12.5 Å². The molecule has 2 aromatic carbocycles. The van der Waals surface area contributed by atoms with Gasteiger partial charge in [-0.2, -0.15) is 0 Å². The number of pyridine rings is 1. The number of esters is 1. The number of nitrogens with zero attached hydrogens (tertiary/aromatic N) is 1. The van der Waals surface area contributed by atoms with Crippen LogP contribution in [0.4, 0.5) is 8.78 Å². The van der Waals surface area contributed by atoms with Crippen LogP contribution < -0.4 is 5.32 Å². The van der Waals surface area contributed by atoms with Crippen molar-refractivity contribution in [3.05, 3.63) is 77.5 Å². The SMILES string of the molecule is COC(=O)[C@@H](Cc1ccc2ccccc2n1)NC(=O)c1cc(F)cc(F)c1. The molecule has 1 atom stereocenters. The molecule has 138 valence electrons. The molecule has 0 fully saturated rings. The number of halogens is 2. The van der Waals surface area contributed by atoms with Gasteiger partial charge in [0.05, 0.1) is 12.6 Å². The van der Waals surface area contributed by atoms with E-state index in [2.05, 4.69) is 10.3 Å². The largest absolute Gasteiger partial charge is 0.467 e. The Morgan fingerprint density at radius 1 is 1.07 bits per heavy atom. The van der Waals surface area contributed by atoms with Crippen LogP contribution >= 0.6 is 0 Å². The van der Waals surface area contributed by atoms with E-state index in [9.17, 15) is 18.4 Å². The maximum atomic E-state index is 13.3. The highest BCUT2D eigenvalue weighted by Gasteiger charge is 2.24.